The molecule has 3 N–H and O–H groups in total. The Hall–Kier alpha value is -0.700. The van der Waals surface area contributed by atoms with E-state index in [1.165, 1.54) is 0 Å². The zero-order valence-corrected chi connectivity index (χ0v) is 10.4. The molecular formula is C8H13N3O3S2. The van der Waals surface area contributed by atoms with Crippen LogP contribution in [0, 0.1) is 6.92 Å². The lowest BCUT2D eigenvalue weighted by molar-refractivity contribution is 0.561. The van der Waals surface area contributed by atoms with Gasteiger partial charge in [0, 0.05) is 18.3 Å². The van der Waals surface area contributed by atoms with Gasteiger partial charge >= 0.3 is 4.87 Å². The molecule has 1 aliphatic rings. The van der Waals surface area contributed by atoms with E-state index in [4.69, 9.17) is 0 Å². The Labute approximate surface area is 97.1 Å². The van der Waals surface area contributed by atoms with Gasteiger partial charge in [0.15, 0.2) is 4.21 Å². The number of thiazole rings is 1. The Morgan fingerprint density at radius 2 is 2.25 bits per heavy atom. The summed E-state index contributed by atoms with van der Waals surface area (Å²) in [6.07, 6.45) is 0.775. The predicted octanol–water partition coefficient (Wildman–Crippen LogP) is -0.615. The predicted molar refractivity (Wildman–Crippen MR) is 61.3 cm³/mol. The monoisotopic (exact) mass is 263 g/mol. The second-order valence-electron chi connectivity index (χ2n) is 3.74. The third kappa shape index (κ3) is 2.34. The lowest BCUT2D eigenvalue weighted by Gasteiger charge is -2.10. The lowest BCUT2D eigenvalue weighted by Crippen LogP contribution is -2.36. The van der Waals surface area contributed by atoms with Gasteiger partial charge in [0.1, 0.15) is 0 Å². The van der Waals surface area contributed by atoms with Crippen LogP contribution in [0.2, 0.25) is 0 Å². The van der Waals surface area contributed by atoms with Crippen LogP contribution in [0.3, 0.4) is 0 Å². The summed E-state index contributed by atoms with van der Waals surface area (Å²) in [6.45, 7) is 3.03. The first kappa shape index (κ1) is 11.8. The van der Waals surface area contributed by atoms with Gasteiger partial charge in [-0.3, -0.25) is 4.79 Å². The first-order valence-electron chi connectivity index (χ1n) is 4.92. The van der Waals surface area contributed by atoms with Gasteiger partial charge in [-0.25, -0.2) is 13.1 Å². The van der Waals surface area contributed by atoms with Gasteiger partial charge in [-0.1, -0.05) is 11.3 Å². The van der Waals surface area contributed by atoms with Crippen molar-refractivity contribution in [3.8, 4) is 0 Å². The van der Waals surface area contributed by atoms with Crippen LogP contribution >= 0.6 is 11.3 Å². The molecule has 0 bridgehead atoms. The Bertz CT molecular complexity index is 525. The van der Waals surface area contributed by atoms with Crippen LogP contribution < -0.4 is 14.9 Å². The van der Waals surface area contributed by atoms with E-state index in [0.29, 0.717) is 12.2 Å². The van der Waals surface area contributed by atoms with Gasteiger partial charge in [-0.2, -0.15) is 0 Å². The third-order valence-corrected chi connectivity index (χ3v) is 5.53. The minimum atomic E-state index is -3.56. The average Bonchev–Trinajstić information content (AvgIpc) is 2.75. The Morgan fingerprint density at radius 1 is 1.50 bits per heavy atom. The summed E-state index contributed by atoms with van der Waals surface area (Å²) in [5, 5.41) is 3.07. The van der Waals surface area contributed by atoms with Crippen molar-refractivity contribution >= 4 is 21.4 Å². The van der Waals surface area contributed by atoms with Crippen molar-refractivity contribution in [1.82, 2.24) is 15.0 Å². The largest absolute Gasteiger partial charge is 0.315 e. The van der Waals surface area contributed by atoms with E-state index in [0.717, 1.165) is 24.3 Å². The van der Waals surface area contributed by atoms with E-state index in [1.54, 1.807) is 6.92 Å². The molecule has 16 heavy (non-hydrogen) atoms. The number of hydrogen-bond acceptors (Lipinski definition) is 5. The topological polar surface area (TPSA) is 91.1 Å². The fraction of sp³-hybridized carbons (Fsp3) is 0.625. The lowest BCUT2D eigenvalue weighted by atomic mass is 10.3. The quantitative estimate of drug-likeness (QED) is 0.678. The van der Waals surface area contributed by atoms with Gasteiger partial charge in [0.05, 0.1) is 0 Å². The van der Waals surface area contributed by atoms with Gasteiger partial charge in [-0.15, -0.1) is 0 Å². The Morgan fingerprint density at radius 3 is 2.75 bits per heavy atom. The summed E-state index contributed by atoms with van der Waals surface area (Å²) in [5.74, 6) is 0. The SMILES string of the molecule is Cc1[nH]c(=O)sc1S(=O)(=O)NC1CCNC1. The van der Waals surface area contributed by atoms with Crippen molar-refractivity contribution in [2.45, 2.75) is 23.6 Å². The van der Waals surface area contributed by atoms with Crippen LogP contribution in [0.25, 0.3) is 0 Å². The van der Waals surface area contributed by atoms with Gasteiger partial charge < -0.3 is 10.3 Å². The zero-order chi connectivity index (χ0) is 11.8. The first-order chi connectivity index (χ1) is 7.49. The second-order valence-corrected chi connectivity index (χ2v) is 6.63. The molecule has 0 aromatic carbocycles. The molecule has 2 heterocycles. The fourth-order valence-corrected chi connectivity index (χ4v) is 4.26. The fourth-order valence-electron chi connectivity index (χ4n) is 1.67. The van der Waals surface area contributed by atoms with Gasteiger partial charge in [0.25, 0.3) is 10.0 Å². The molecule has 1 aromatic heterocycles. The summed E-state index contributed by atoms with van der Waals surface area (Å²) in [5.41, 5.74) is 0.397. The molecule has 1 unspecified atom stereocenters. The summed E-state index contributed by atoms with van der Waals surface area (Å²) in [6, 6.07) is -0.0818. The number of hydrogen-bond donors (Lipinski definition) is 3. The summed E-state index contributed by atoms with van der Waals surface area (Å²) in [7, 11) is -3.56. The number of aromatic nitrogens is 1. The van der Waals surface area contributed by atoms with E-state index >= 15 is 0 Å². The number of sulfonamides is 1. The standard InChI is InChI=1S/C8H13N3O3S2/c1-5-7(15-8(12)10-5)16(13,14)11-6-2-3-9-4-6/h6,9,11H,2-4H2,1H3,(H,10,12). The van der Waals surface area contributed by atoms with Crippen LogP contribution in [-0.4, -0.2) is 32.5 Å². The number of aromatic amines is 1. The molecule has 2 rings (SSSR count). The maximum Gasteiger partial charge on any atom is 0.305 e. The highest BCUT2D eigenvalue weighted by Crippen LogP contribution is 2.16. The van der Waals surface area contributed by atoms with Crippen LogP contribution in [0.4, 0.5) is 0 Å². The molecule has 1 atom stereocenters. The molecule has 1 saturated heterocycles. The van der Waals surface area contributed by atoms with Crippen molar-refractivity contribution in [3.63, 3.8) is 0 Å². The van der Waals surface area contributed by atoms with Crippen LogP contribution in [0.1, 0.15) is 12.1 Å². The number of nitrogens with one attached hydrogen (secondary N) is 3. The molecule has 0 amide bonds. The maximum atomic E-state index is 11.9. The van der Waals surface area contributed by atoms with E-state index in [-0.39, 0.29) is 15.1 Å². The van der Waals surface area contributed by atoms with Crippen LogP contribution in [0.15, 0.2) is 9.00 Å². The minimum Gasteiger partial charge on any atom is -0.315 e. The second kappa shape index (κ2) is 4.28. The van der Waals surface area contributed by atoms with Crippen molar-refractivity contribution in [2.75, 3.05) is 13.1 Å². The molecule has 6 nitrogen and oxygen atoms in total. The van der Waals surface area contributed by atoms with Crippen molar-refractivity contribution in [3.05, 3.63) is 15.4 Å². The number of rotatable bonds is 3. The highest BCUT2D eigenvalue weighted by Gasteiger charge is 2.25. The van der Waals surface area contributed by atoms with Crippen molar-refractivity contribution < 1.29 is 8.42 Å². The molecule has 8 heteroatoms. The van der Waals surface area contributed by atoms with E-state index < -0.39 is 10.0 Å². The number of aryl methyl sites for hydroxylation is 1. The average molecular weight is 263 g/mol. The number of H-pyrrole nitrogens is 1. The Balaban J connectivity index is 2.24. The molecule has 0 saturated carbocycles. The Kier molecular flexibility index (Phi) is 3.15. The molecule has 1 aromatic rings. The van der Waals surface area contributed by atoms with E-state index in [2.05, 4.69) is 15.0 Å². The zero-order valence-electron chi connectivity index (χ0n) is 8.74. The highest BCUT2D eigenvalue weighted by atomic mass is 32.2. The minimum absolute atomic E-state index is 0.0818. The molecule has 0 aliphatic carbocycles. The molecule has 0 spiro atoms. The summed E-state index contributed by atoms with van der Waals surface area (Å²) >= 11 is 0.723. The van der Waals surface area contributed by atoms with Gasteiger partial charge in [0.2, 0.25) is 0 Å². The van der Waals surface area contributed by atoms with Crippen LogP contribution in [0.5, 0.6) is 0 Å². The first-order valence-corrected chi connectivity index (χ1v) is 7.22. The van der Waals surface area contributed by atoms with E-state index in [1.807, 2.05) is 0 Å². The summed E-state index contributed by atoms with van der Waals surface area (Å²) in [4.78, 5) is 13.2. The molecule has 1 aliphatic heterocycles. The molecular weight excluding hydrogens is 250 g/mol. The van der Waals surface area contributed by atoms with E-state index in [9.17, 15) is 13.2 Å². The molecule has 1 fully saturated rings. The van der Waals surface area contributed by atoms with Crippen LogP contribution in [-0.2, 0) is 10.0 Å². The highest BCUT2D eigenvalue weighted by molar-refractivity contribution is 7.91. The maximum absolute atomic E-state index is 11.9. The van der Waals surface area contributed by atoms with Crippen molar-refractivity contribution in [2.24, 2.45) is 0 Å². The van der Waals surface area contributed by atoms with Gasteiger partial charge in [-0.05, 0) is 19.9 Å². The molecule has 90 valence electrons. The third-order valence-electron chi connectivity index (χ3n) is 2.41. The summed E-state index contributed by atoms with van der Waals surface area (Å²) < 4.78 is 26.5. The van der Waals surface area contributed by atoms with Crippen molar-refractivity contribution in [1.29, 1.82) is 0 Å². The normalized spacial score (nSPS) is 21.4. The smallest absolute Gasteiger partial charge is 0.305 e. The molecule has 0 radical (unpaired) electrons.